The number of halogens is 3. The number of hydrogen-bond donors (Lipinski definition) is 1. The Balaban J connectivity index is 1.68. The van der Waals surface area contributed by atoms with Gasteiger partial charge in [0.25, 0.3) is 0 Å². The van der Waals surface area contributed by atoms with Crippen molar-refractivity contribution in [3.8, 4) is 0 Å². The SMILES string of the molecule is FC(F)(F)c1ccc(NCCCN2CCOCC2)nn1. The van der Waals surface area contributed by atoms with Crippen molar-refractivity contribution in [3.05, 3.63) is 17.8 Å². The Morgan fingerprint density at radius 1 is 1.20 bits per heavy atom. The monoisotopic (exact) mass is 290 g/mol. The highest BCUT2D eigenvalue weighted by atomic mass is 19.4. The fourth-order valence-electron chi connectivity index (χ4n) is 1.92. The predicted octanol–water partition coefficient (Wildman–Crippen LogP) is 1.63. The molecule has 112 valence electrons. The molecule has 0 unspecified atom stereocenters. The zero-order chi connectivity index (χ0) is 14.4. The van der Waals surface area contributed by atoms with Crippen molar-refractivity contribution in [1.82, 2.24) is 15.1 Å². The van der Waals surface area contributed by atoms with Gasteiger partial charge in [-0.1, -0.05) is 0 Å². The summed E-state index contributed by atoms with van der Waals surface area (Å²) in [6.07, 6.45) is -3.55. The van der Waals surface area contributed by atoms with Crippen LogP contribution >= 0.6 is 0 Å². The molecule has 1 saturated heterocycles. The van der Waals surface area contributed by atoms with Crippen LogP contribution < -0.4 is 5.32 Å². The summed E-state index contributed by atoms with van der Waals surface area (Å²) in [4.78, 5) is 2.30. The first-order valence-electron chi connectivity index (χ1n) is 6.50. The molecule has 0 atom stereocenters. The Morgan fingerprint density at radius 3 is 2.55 bits per heavy atom. The zero-order valence-electron chi connectivity index (χ0n) is 11.0. The number of aromatic nitrogens is 2. The van der Waals surface area contributed by atoms with Crippen LogP contribution in [0.3, 0.4) is 0 Å². The number of rotatable bonds is 5. The second kappa shape index (κ2) is 6.85. The van der Waals surface area contributed by atoms with Crippen LogP contribution in [0.5, 0.6) is 0 Å². The van der Waals surface area contributed by atoms with E-state index in [1.54, 1.807) is 0 Å². The maximum atomic E-state index is 12.3. The van der Waals surface area contributed by atoms with Gasteiger partial charge < -0.3 is 10.1 Å². The standard InChI is InChI=1S/C12H17F3N4O/c13-12(14,15)10-2-3-11(18-17-10)16-4-1-5-19-6-8-20-9-7-19/h2-3H,1,4-9H2,(H,16,18). The van der Waals surface area contributed by atoms with Gasteiger partial charge in [0.1, 0.15) is 5.82 Å². The van der Waals surface area contributed by atoms with Gasteiger partial charge in [-0.15, -0.1) is 10.2 Å². The van der Waals surface area contributed by atoms with Crippen molar-refractivity contribution in [2.45, 2.75) is 12.6 Å². The lowest BCUT2D eigenvalue weighted by Crippen LogP contribution is -2.37. The first-order chi connectivity index (χ1) is 9.55. The molecule has 8 heteroatoms. The molecule has 1 fully saturated rings. The molecule has 0 radical (unpaired) electrons. The molecule has 1 N–H and O–H groups in total. The van der Waals surface area contributed by atoms with Crippen LogP contribution in [-0.4, -0.2) is 54.5 Å². The molecular weight excluding hydrogens is 273 g/mol. The van der Waals surface area contributed by atoms with Crippen molar-refractivity contribution in [1.29, 1.82) is 0 Å². The lowest BCUT2D eigenvalue weighted by molar-refractivity contribution is -0.141. The lowest BCUT2D eigenvalue weighted by atomic mass is 10.3. The molecule has 1 aromatic heterocycles. The van der Waals surface area contributed by atoms with Gasteiger partial charge in [-0.2, -0.15) is 13.2 Å². The van der Waals surface area contributed by atoms with Gasteiger partial charge in [0.05, 0.1) is 13.2 Å². The van der Waals surface area contributed by atoms with E-state index in [9.17, 15) is 13.2 Å². The van der Waals surface area contributed by atoms with Crippen molar-refractivity contribution in [2.75, 3.05) is 44.7 Å². The Labute approximate surface area is 115 Å². The Morgan fingerprint density at radius 2 is 1.95 bits per heavy atom. The molecule has 0 spiro atoms. The number of anilines is 1. The van der Waals surface area contributed by atoms with Crippen LogP contribution in [0, 0.1) is 0 Å². The fraction of sp³-hybridized carbons (Fsp3) is 0.667. The number of nitrogens with zero attached hydrogens (tertiary/aromatic N) is 3. The van der Waals surface area contributed by atoms with Crippen molar-refractivity contribution in [3.63, 3.8) is 0 Å². The number of morpholine rings is 1. The normalized spacial score (nSPS) is 17.1. The van der Waals surface area contributed by atoms with E-state index in [-0.39, 0.29) is 0 Å². The molecule has 0 aliphatic carbocycles. The summed E-state index contributed by atoms with van der Waals surface area (Å²) in [5.41, 5.74) is -0.976. The molecule has 0 amide bonds. The number of hydrogen-bond acceptors (Lipinski definition) is 5. The van der Waals surface area contributed by atoms with Gasteiger partial charge in [0.15, 0.2) is 5.69 Å². The van der Waals surface area contributed by atoms with E-state index in [2.05, 4.69) is 20.4 Å². The highest BCUT2D eigenvalue weighted by molar-refractivity contribution is 5.33. The van der Waals surface area contributed by atoms with E-state index >= 15 is 0 Å². The summed E-state index contributed by atoms with van der Waals surface area (Å²) in [5.74, 6) is 0.361. The topological polar surface area (TPSA) is 50.3 Å². The summed E-state index contributed by atoms with van der Waals surface area (Å²) < 4.78 is 42.1. The summed E-state index contributed by atoms with van der Waals surface area (Å²) in [6, 6.07) is 2.22. The van der Waals surface area contributed by atoms with Crippen molar-refractivity contribution >= 4 is 5.82 Å². The maximum Gasteiger partial charge on any atom is 0.435 e. The third kappa shape index (κ3) is 4.61. The average Bonchev–Trinajstić information content (AvgIpc) is 2.44. The van der Waals surface area contributed by atoms with Crippen LogP contribution in [0.4, 0.5) is 19.0 Å². The van der Waals surface area contributed by atoms with E-state index in [1.807, 2.05) is 0 Å². The minimum absolute atomic E-state index is 0.361. The second-order valence-electron chi connectivity index (χ2n) is 4.54. The second-order valence-corrected chi connectivity index (χ2v) is 4.54. The summed E-state index contributed by atoms with van der Waals surface area (Å²) in [5, 5.41) is 9.63. The van der Waals surface area contributed by atoms with Gasteiger partial charge >= 0.3 is 6.18 Å². The van der Waals surface area contributed by atoms with Gasteiger partial charge in [-0.3, -0.25) is 4.90 Å². The molecule has 2 rings (SSSR count). The minimum atomic E-state index is -4.44. The Bertz CT molecular complexity index is 404. The molecular formula is C12H17F3N4O. The molecule has 2 heterocycles. The molecule has 5 nitrogen and oxygen atoms in total. The van der Waals surface area contributed by atoms with Crippen LogP contribution in [0.2, 0.25) is 0 Å². The van der Waals surface area contributed by atoms with Crippen LogP contribution in [0.1, 0.15) is 12.1 Å². The number of alkyl halides is 3. The molecule has 1 aliphatic rings. The van der Waals surface area contributed by atoms with Crippen molar-refractivity contribution in [2.24, 2.45) is 0 Å². The van der Waals surface area contributed by atoms with E-state index in [1.165, 1.54) is 6.07 Å². The summed E-state index contributed by atoms with van der Waals surface area (Å²) in [7, 11) is 0. The maximum absolute atomic E-state index is 12.3. The molecule has 1 aromatic rings. The third-order valence-electron chi connectivity index (χ3n) is 3.02. The fourth-order valence-corrected chi connectivity index (χ4v) is 1.92. The zero-order valence-corrected chi connectivity index (χ0v) is 11.0. The highest BCUT2D eigenvalue weighted by Crippen LogP contribution is 2.26. The Hall–Kier alpha value is -1.41. The van der Waals surface area contributed by atoms with E-state index < -0.39 is 11.9 Å². The lowest BCUT2D eigenvalue weighted by Gasteiger charge is -2.26. The van der Waals surface area contributed by atoms with Crippen LogP contribution in [-0.2, 0) is 10.9 Å². The average molecular weight is 290 g/mol. The van der Waals surface area contributed by atoms with E-state index in [0.717, 1.165) is 45.3 Å². The molecule has 0 aromatic carbocycles. The third-order valence-corrected chi connectivity index (χ3v) is 3.02. The first kappa shape index (κ1) is 15.0. The van der Waals surface area contributed by atoms with E-state index in [0.29, 0.717) is 12.4 Å². The number of nitrogens with one attached hydrogen (secondary N) is 1. The molecule has 0 bridgehead atoms. The summed E-state index contributed by atoms with van der Waals surface area (Å²) >= 11 is 0. The molecule has 1 aliphatic heterocycles. The van der Waals surface area contributed by atoms with Crippen molar-refractivity contribution < 1.29 is 17.9 Å². The quantitative estimate of drug-likeness (QED) is 0.835. The highest BCUT2D eigenvalue weighted by Gasteiger charge is 2.32. The molecule has 20 heavy (non-hydrogen) atoms. The van der Waals surface area contributed by atoms with E-state index in [4.69, 9.17) is 4.74 Å². The Kier molecular flexibility index (Phi) is 5.13. The number of ether oxygens (including phenoxy) is 1. The molecule has 0 saturated carbocycles. The van der Waals surface area contributed by atoms with Gasteiger partial charge in [0, 0.05) is 19.6 Å². The largest absolute Gasteiger partial charge is 0.435 e. The van der Waals surface area contributed by atoms with Crippen LogP contribution in [0.25, 0.3) is 0 Å². The smallest absolute Gasteiger partial charge is 0.379 e. The minimum Gasteiger partial charge on any atom is -0.379 e. The van der Waals surface area contributed by atoms with Crippen LogP contribution in [0.15, 0.2) is 12.1 Å². The first-order valence-corrected chi connectivity index (χ1v) is 6.50. The van der Waals surface area contributed by atoms with Gasteiger partial charge in [-0.25, -0.2) is 0 Å². The van der Waals surface area contributed by atoms with Gasteiger partial charge in [-0.05, 0) is 25.1 Å². The van der Waals surface area contributed by atoms with Gasteiger partial charge in [0.2, 0.25) is 0 Å². The predicted molar refractivity (Wildman–Crippen MR) is 67.4 cm³/mol. The summed E-state index contributed by atoms with van der Waals surface area (Å²) in [6.45, 7) is 4.97.